The van der Waals surface area contributed by atoms with Gasteiger partial charge in [0, 0.05) is 10.8 Å². The highest BCUT2D eigenvalue weighted by atomic mass is 14.8. The molecule has 4 aromatic rings. The van der Waals surface area contributed by atoms with E-state index in [0.717, 1.165) is 41.7 Å². The van der Waals surface area contributed by atoms with Crippen molar-refractivity contribution in [2.75, 3.05) is 0 Å². The molecule has 0 bridgehead atoms. The van der Waals surface area contributed by atoms with Crippen LogP contribution < -0.4 is 0 Å². The Bertz CT molecular complexity index is 1290. The normalized spacial score (nSPS) is 11.6. The van der Waals surface area contributed by atoms with Crippen molar-refractivity contribution in [3.8, 4) is 11.4 Å². The molecule has 0 N–H and O–H groups in total. The lowest BCUT2D eigenvalue weighted by Gasteiger charge is -2.20. The molecule has 0 atom stereocenters. The minimum absolute atomic E-state index is 1.03. The number of aromatic nitrogens is 2. The van der Waals surface area contributed by atoms with Gasteiger partial charge in [-0.3, -0.25) is 0 Å². The molecule has 38 heavy (non-hydrogen) atoms. The third-order valence-electron chi connectivity index (χ3n) is 8.01. The molecular weight excluding hydrogens is 460 g/mol. The highest BCUT2D eigenvalue weighted by Gasteiger charge is 2.19. The number of fused-ring (bicyclic) bond motifs is 2. The molecule has 0 unspecified atom stereocenters. The Morgan fingerprint density at radius 1 is 0.500 bits per heavy atom. The van der Waals surface area contributed by atoms with Gasteiger partial charge in [0.15, 0.2) is 0 Å². The van der Waals surface area contributed by atoms with E-state index >= 15 is 0 Å². The van der Waals surface area contributed by atoms with Gasteiger partial charge >= 0.3 is 0 Å². The van der Waals surface area contributed by atoms with E-state index in [-0.39, 0.29) is 0 Å². The highest BCUT2D eigenvalue weighted by Crippen LogP contribution is 2.35. The second-order valence-corrected chi connectivity index (χ2v) is 11.0. The molecule has 0 radical (unpaired) electrons. The van der Waals surface area contributed by atoms with Crippen LogP contribution in [0.3, 0.4) is 0 Å². The van der Waals surface area contributed by atoms with Crippen LogP contribution >= 0.6 is 0 Å². The Morgan fingerprint density at radius 2 is 1.13 bits per heavy atom. The van der Waals surface area contributed by atoms with Gasteiger partial charge in [-0.25, -0.2) is 9.97 Å². The van der Waals surface area contributed by atoms with Crippen LogP contribution in [0.5, 0.6) is 0 Å². The maximum absolute atomic E-state index is 5.40. The van der Waals surface area contributed by atoms with E-state index < -0.39 is 0 Å². The Hall–Kier alpha value is -2.74. The fourth-order valence-corrected chi connectivity index (χ4v) is 5.87. The average Bonchev–Trinajstić information content (AvgIpc) is 2.95. The van der Waals surface area contributed by atoms with Crippen LogP contribution in [0.1, 0.15) is 115 Å². The van der Waals surface area contributed by atoms with Gasteiger partial charge in [0.1, 0.15) is 0 Å². The van der Waals surface area contributed by atoms with Crippen molar-refractivity contribution < 1.29 is 0 Å². The molecule has 0 saturated heterocycles. The summed E-state index contributed by atoms with van der Waals surface area (Å²) < 4.78 is 0. The molecule has 0 spiro atoms. The topological polar surface area (TPSA) is 25.8 Å². The molecule has 0 saturated carbocycles. The van der Waals surface area contributed by atoms with Crippen molar-refractivity contribution in [2.45, 2.75) is 117 Å². The van der Waals surface area contributed by atoms with Crippen LogP contribution in [0.15, 0.2) is 54.6 Å². The van der Waals surface area contributed by atoms with E-state index in [9.17, 15) is 0 Å². The van der Waals surface area contributed by atoms with Crippen LogP contribution in [0, 0.1) is 0 Å². The number of aryl methyl sites for hydroxylation is 2. The predicted octanol–water partition coefficient (Wildman–Crippen LogP) is 10.8. The fourth-order valence-electron chi connectivity index (χ4n) is 5.87. The van der Waals surface area contributed by atoms with Gasteiger partial charge in [0.05, 0.1) is 22.4 Å². The standard InChI is InChI=1S/C36H48N2/c1-4-7-10-13-20-29-21-18-25-33-35(29)30(22-14-11-8-5-2)31(23-15-12-9-6-3)36(38-33)34-27-26-28-19-16-17-24-32(28)37-34/h16-19,21,24-27H,4-15,20,22-23H2,1-3H3. The summed E-state index contributed by atoms with van der Waals surface area (Å²) in [4.78, 5) is 10.5. The molecule has 0 aliphatic heterocycles. The van der Waals surface area contributed by atoms with E-state index in [1.165, 1.54) is 98.9 Å². The van der Waals surface area contributed by atoms with Gasteiger partial charge in [-0.15, -0.1) is 0 Å². The number of pyridine rings is 2. The molecule has 202 valence electrons. The summed E-state index contributed by atoms with van der Waals surface area (Å²) in [5.41, 5.74) is 8.90. The molecular formula is C36H48N2. The molecule has 0 aliphatic rings. The van der Waals surface area contributed by atoms with Crippen LogP contribution in [0.25, 0.3) is 33.2 Å². The Labute approximate surface area is 231 Å². The lowest BCUT2D eigenvalue weighted by molar-refractivity contribution is 0.651. The van der Waals surface area contributed by atoms with Gasteiger partial charge in [0.2, 0.25) is 0 Å². The van der Waals surface area contributed by atoms with E-state index in [1.54, 1.807) is 5.56 Å². The second-order valence-electron chi connectivity index (χ2n) is 11.0. The first-order chi connectivity index (χ1) is 18.8. The van der Waals surface area contributed by atoms with E-state index in [1.807, 2.05) is 0 Å². The van der Waals surface area contributed by atoms with Crippen molar-refractivity contribution in [1.82, 2.24) is 9.97 Å². The van der Waals surface area contributed by atoms with Crippen molar-refractivity contribution >= 4 is 21.8 Å². The first-order valence-corrected chi connectivity index (χ1v) is 15.6. The third kappa shape index (κ3) is 7.22. The van der Waals surface area contributed by atoms with Gasteiger partial charge in [0.25, 0.3) is 0 Å². The maximum atomic E-state index is 5.40. The van der Waals surface area contributed by atoms with E-state index in [0.29, 0.717) is 0 Å². The minimum atomic E-state index is 1.03. The van der Waals surface area contributed by atoms with Crippen molar-refractivity contribution in [3.63, 3.8) is 0 Å². The molecule has 0 amide bonds. The SMILES string of the molecule is CCCCCCc1c(-c2ccc3ccccc3n2)nc2cccc(CCCCCC)c2c1CCCCCC. The van der Waals surface area contributed by atoms with Crippen LogP contribution in [-0.4, -0.2) is 9.97 Å². The van der Waals surface area contributed by atoms with Crippen LogP contribution in [0.2, 0.25) is 0 Å². The molecule has 2 aromatic carbocycles. The zero-order chi connectivity index (χ0) is 26.6. The molecule has 2 aromatic heterocycles. The van der Waals surface area contributed by atoms with Gasteiger partial charge in [-0.2, -0.15) is 0 Å². The summed E-state index contributed by atoms with van der Waals surface area (Å²) in [5.74, 6) is 0. The zero-order valence-corrected chi connectivity index (χ0v) is 24.2. The minimum Gasteiger partial charge on any atom is -0.246 e. The number of para-hydroxylation sites is 1. The number of benzene rings is 2. The quantitative estimate of drug-likeness (QED) is 0.141. The van der Waals surface area contributed by atoms with Crippen LogP contribution in [0.4, 0.5) is 0 Å². The van der Waals surface area contributed by atoms with Gasteiger partial charge in [-0.05, 0) is 73.4 Å². The van der Waals surface area contributed by atoms with Gasteiger partial charge < -0.3 is 0 Å². The Balaban J connectivity index is 1.85. The summed E-state index contributed by atoms with van der Waals surface area (Å²) in [6.45, 7) is 6.90. The van der Waals surface area contributed by atoms with Crippen molar-refractivity contribution in [2.24, 2.45) is 0 Å². The summed E-state index contributed by atoms with van der Waals surface area (Å²) in [5, 5.41) is 2.64. The first kappa shape index (κ1) is 28.3. The molecule has 2 heteroatoms. The average molecular weight is 509 g/mol. The monoisotopic (exact) mass is 508 g/mol. The summed E-state index contributed by atoms with van der Waals surface area (Å²) >= 11 is 0. The maximum Gasteiger partial charge on any atom is 0.0928 e. The second kappa shape index (κ2) is 15.0. The Morgan fingerprint density at radius 3 is 1.84 bits per heavy atom. The van der Waals surface area contributed by atoms with E-state index in [4.69, 9.17) is 9.97 Å². The molecule has 0 fully saturated rings. The number of rotatable bonds is 16. The predicted molar refractivity (Wildman–Crippen MR) is 166 cm³/mol. The highest BCUT2D eigenvalue weighted by molar-refractivity contribution is 5.90. The number of unbranched alkanes of at least 4 members (excludes halogenated alkanes) is 9. The number of hydrogen-bond donors (Lipinski definition) is 0. The summed E-state index contributed by atoms with van der Waals surface area (Å²) in [6.07, 6.45) is 18.8. The zero-order valence-electron chi connectivity index (χ0n) is 24.2. The lowest BCUT2D eigenvalue weighted by Crippen LogP contribution is -2.06. The van der Waals surface area contributed by atoms with Crippen molar-refractivity contribution in [1.29, 1.82) is 0 Å². The molecule has 2 heterocycles. The van der Waals surface area contributed by atoms with Crippen molar-refractivity contribution in [3.05, 3.63) is 71.3 Å². The molecule has 2 nitrogen and oxygen atoms in total. The first-order valence-electron chi connectivity index (χ1n) is 15.6. The van der Waals surface area contributed by atoms with Crippen LogP contribution in [-0.2, 0) is 19.3 Å². The third-order valence-corrected chi connectivity index (χ3v) is 8.01. The molecule has 0 aliphatic carbocycles. The van der Waals surface area contributed by atoms with E-state index in [2.05, 4.69) is 75.4 Å². The fraction of sp³-hybridized carbons (Fsp3) is 0.500. The molecule has 4 rings (SSSR count). The summed E-state index contributed by atoms with van der Waals surface area (Å²) in [6, 6.07) is 19.7. The largest absolute Gasteiger partial charge is 0.246 e. The van der Waals surface area contributed by atoms with Gasteiger partial charge in [-0.1, -0.05) is 115 Å². The number of nitrogens with zero attached hydrogens (tertiary/aromatic N) is 2. The number of hydrogen-bond acceptors (Lipinski definition) is 2. The summed E-state index contributed by atoms with van der Waals surface area (Å²) in [7, 11) is 0. The Kier molecular flexibility index (Phi) is 11.2. The lowest BCUT2D eigenvalue weighted by atomic mass is 9.88. The smallest absolute Gasteiger partial charge is 0.0928 e.